The van der Waals surface area contributed by atoms with Crippen LogP contribution in [0.4, 0.5) is 18.9 Å². The number of nitrogens with zero attached hydrogens (tertiary/aromatic N) is 2. The first kappa shape index (κ1) is 27.1. The molecule has 11 heteroatoms. The Morgan fingerprint density at radius 2 is 1.87 bits per heavy atom. The molecule has 0 spiro atoms. The second kappa shape index (κ2) is 12.8. The standard InChI is InChI=1S/C20H26F3N5OS.HI/c1-4-24-19(25-10-9-17-28-16(12-30-17)20(21,22)23)26-11-14-5-7-15(8-6-14)27-18(29)13(2)3;/h5-8,12-13H,4,9-11H2,1-3H3,(H,27,29)(H2,24,25,26);1H. The molecule has 0 saturated carbocycles. The van der Waals surface area contributed by atoms with Gasteiger partial charge in [0.1, 0.15) is 0 Å². The van der Waals surface area contributed by atoms with Gasteiger partial charge in [0.15, 0.2) is 11.7 Å². The molecule has 0 unspecified atom stereocenters. The van der Waals surface area contributed by atoms with Crippen LogP contribution < -0.4 is 16.0 Å². The zero-order chi connectivity index (χ0) is 22.1. The van der Waals surface area contributed by atoms with Crippen LogP contribution in [0.5, 0.6) is 0 Å². The SMILES string of the molecule is CCNC(=NCc1ccc(NC(=O)C(C)C)cc1)NCCc1nc(C(F)(F)F)cs1.I. The van der Waals surface area contributed by atoms with Crippen molar-refractivity contribution in [3.8, 4) is 0 Å². The zero-order valence-corrected chi connectivity index (χ0v) is 20.7. The number of carbonyl (C=O) groups excluding carboxylic acids is 1. The van der Waals surface area contributed by atoms with Crippen molar-refractivity contribution in [2.45, 2.75) is 39.9 Å². The Labute approximate surface area is 201 Å². The molecule has 2 aromatic rings. The molecule has 0 bridgehead atoms. The highest BCUT2D eigenvalue weighted by Crippen LogP contribution is 2.30. The van der Waals surface area contributed by atoms with Crippen LogP contribution in [0.2, 0.25) is 0 Å². The van der Waals surface area contributed by atoms with Crippen molar-refractivity contribution in [2.24, 2.45) is 10.9 Å². The van der Waals surface area contributed by atoms with Gasteiger partial charge in [-0.25, -0.2) is 9.98 Å². The highest BCUT2D eigenvalue weighted by Gasteiger charge is 2.33. The summed E-state index contributed by atoms with van der Waals surface area (Å²) in [5, 5.41) is 10.5. The lowest BCUT2D eigenvalue weighted by molar-refractivity contribution is -0.140. The Kier molecular flexibility index (Phi) is 11.2. The van der Waals surface area contributed by atoms with E-state index >= 15 is 0 Å². The number of alkyl halides is 3. The van der Waals surface area contributed by atoms with Crippen molar-refractivity contribution in [1.82, 2.24) is 15.6 Å². The fraction of sp³-hybridized carbons (Fsp3) is 0.450. The molecule has 172 valence electrons. The minimum atomic E-state index is -4.41. The second-order valence-electron chi connectivity index (χ2n) is 6.84. The minimum absolute atomic E-state index is 0. The Hall–Kier alpha value is -1.89. The van der Waals surface area contributed by atoms with Crippen LogP contribution >= 0.6 is 35.3 Å². The van der Waals surface area contributed by atoms with Gasteiger partial charge in [-0.3, -0.25) is 4.79 Å². The van der Waals surface area contributed by atoms with Gasteiger partial charge in [-0.05, 0) is 24.6 Å². The summed E-state index contributed by atoms with van der Waals surface area (Å²) in [5.74, 6) is 0.441. The molecular formula is C20H27F3IN5OS. The molecule has 0 atom stereocenters. The third kappa shape index (κ3) is 9.42. The van der Waals surface area contributed by atoms with Gasteiger partial charge in [0.2, 0.25) is 5.91 Å². The molecule has 0 radical (unpaired) electrons. The fourth-order valence-corrected chi connectivity index (χ4v) is 3.14. The van der Waals surface area contributed by atoms with Crippen LogP contribution in [-0.2, 0) is 23.9 Å². The number of guanidine groups is 1. The van der Waals surface area contributed by atoms with Gasteiger partial charge in [-0.2, -0.15) is 13.2 Å². The summed E-state index contributed by atoms with van der Waals surface area (Å²) in [5.41, 5.74) is 0.841. The van der Waals surface area contributed by atoms with Crippen molar-refractivity contribution < 1.29 is 18.0 Å². The van der Waals surface area contributed by atoms with Crippen LogP contribution in [0.3, 0.4) is 0 Å². The predicted octanol–water partition coefficient (Wildman–Crippen LogP) is 4.67. The lowest BCUT2D eigenvalue weighted by Crippen LogP contribution is -2.38. The van der Waals surface area contributed by atoms with Crippen molar-refractivity contribution in [1.29, 1.82) is 0 Å². The predicted molar refractivity (Wildman–Crippen MR) is 129 cm³/mol. The first-order valence-electron chi connectivity index (χ1n) is 9.62. The molecule has 0 saturated heterocycles. The Bertz CT molecular complexity index is 853. The van der Waals surface area contributed by atoms with Crippen molar-refractivity contribution >= 4 is 52.9 Å². The van der Waals surface area contributed by atoms with E-state index in [1.165, 1.54) is 0 Å². The highest BCUT2D eigenvalue weighted by atomic mass is 127. The number of anilines is 1. The molecular weight excluding hydrogens is 542 g/mol. The zero-order valence-electron chi connectivity index (χ0n) is 17.5. The molecule has 3 N–H and O–H groups in total. The summed E-state index contributed by atoms with van der Waals surface area (Å²) in [6, 6.07) is 7.42. The van der Waals surface area contributed by atoms with Gasteiger partial charge in [0.25, 0.3) is 0 Å². The fourth-order valence-electron chi connectivity index (χ4n) is 2.34. The molecule has 0 fully saturated rings. The second-order valence-corrected chi connectivity index (χ2v) is 7.78. The van der Waals surface area contributed by atoms with Crippen molar-refractivity contribution in [3.05, 3.63) is 45.9 Å². The average Bonchev–Trinajstić information content (AvgIpc) is 3.16. The summed E-state index contributed by atoms with van der Waals surface area (Å²) in [6.45, 7) is 7.08. The van der Waals surface area contributed by atoms with E-state index in [-0.39, 0.29) is 35.8 Å². The molecule has 0 aliphatic carbocycles. The van der Waals surface area contributed by atoms with Crippen LogP contribution in [-0.4, -0.2) is 29.9 Å². The van der Waals surface area contributed by atoms with Gasteiger partial charge < -0.3 is 16.0 Å². The average molecular weight is 569 g/mol. The largest absolute Gasteiger partial charge is 0.434 e. The third-order valence-corrected chi connectivity index (χ3v) is 4.89. The van der Waals surface area contributed by atoms with Gasteiger partial charge >= 0.3 is 6.18 Å². The topological polar surface area (TPSA) is 78.4 Å². The Balaban J connectivity index is 0.00000480. The molecule has 0 aliphatic rings. The van der Waals surface area contributed by atoms with Gasteiger partial charge in [-0.1, -0.05) is 26.0 Å². The number of rotatable bonds is 8. The maximum Gasteiger partial charge on any atom is 0.434 e. The molecule has 2 rings (SSSR count). The van der Waals surface area contributed by atoms with Crippen LogP contribution in [0.15, 0.2) is 34.6 Å². The van der Waals surface area contributed by atoms with E-state index in [0.29, 0.717) is 37.0 Å². The molecule has 1 aromatic heterocycles. The highest BCUT2D eigenvalue weighted by molar-refractivity contribution is 14.0. The number of aromatic nitrogens is 1. The first-order chi connectivity index (χ1) is 14.2. The van der Waals surface area contributed by atoms with E-state index < -0.39 is 11.9 Å². The number of nitrogens with one attached hydrogen (secondary N) is 3. The van der Waals surface area contributed by atoms with Crippen LogP contribution in [0.1, 0.15) is 37.0 Å². The summed E-state index contributed by atoms with van der Waals surface area (Å²) in [4.78, 5) is 19.8. The first-order valence-corrected chi connectivity index (χ1v) is 10.5. The molecule has 1 amide bonds. The molecule has 1 heterocycles. The van der Waals surface area contributed by atoms with Crippen LogP contribution in [0, 0.1) is 5.92 Å². The van der Waals surface area contributed by atoms with E-state index in [2.05, 4.69) is 25.9 Å². The Morgan fingerprint density at radius 1 is 1.19 bits per heavy atom. The number of carbonyl (C=O) groups is 1. The van der Waals surface area contributed by atoms with Crippen LogP contribution in [0.25, 0.3) is 0 Å². The lowest BCUT2D eigenvalue weighted by Gasteiger charge is -2.11. The number of hydrogen-bond donors (Lipinski definition) is 3. The monoisotopic (exact) mass is 569 g/mol. The third-order valence-electron chi connectivity index (χ3n) is 3.98. The number of thiazole rings is 1. The Morgan fingerprint density at radius 3 is 2.42 bits per heavy atom. The van der Waals surface area contributed by atoms with E-state index in [9.17, 15) is 18.0 Å². The maximum absolute atomic E-state index is 12.6. The molecule has 6 nitrogen and oxygen atoms in total. The van der Waals surface area contributed by atoms with Crippen molar-refractivity contribution in [2.75, 3.05) is 18.4 Å². The number of benzene rings is 1. The summed E-state index contributed by atoms with van der Waals surface area (Å²) < 4.78 is 37.8. The summed E-state index contributed by atoms with van der Waals surface area (Å²) in [7, 11) is 0. The smallest absolute Gasteiger partial charge is 0.357 e. The molecule has 0 aliphatic heterocycles. The minimum Gasteiger partial charge on any atom is -0.357 e. The normalized spacial score (nSPS) is 11.8. The number of halogens is 4. The lowest BCUT2D eigenvalue weighted by atomic mass is 10.2. The number of hydrogen-bond acceptors (Lipinski definition) is 4. The number of amides is 1. The quantitative estimate of drug-likeness (QED) is 0.245. The van der Waals surface area contributed by atoms with Gasteiger partial charge in [0.05, 0.1) is 11.6 Å². The molecule has 31 heavy (non-hydrogen) atoms. The maximum atomic E-state index is 12.6. The number of aliphatic imine (C=N–C) groups is 1. The van der Waals surface area contributed by atoms with Crippen molar-refractivity contribution in [3.63, 3.8) is 0 Å². The summed E-state index contributed by atoms with van der Waals surface area (Å²) >= 11 is 0.997. The summed E-state index contributed by atoms with van der Waals surface area (Å²) in [6.07, 6.45) is -4.04. The molecule has 1 aromatic carbocycles. The van der Waals surface area contributed by atoms with E-state index in [1.54, 1.807) is 0 Å². The van der Waals surface area contributed by atoms with Gasteiger partial charge in [0, 0.05) is 36.5 Å². The van der Waals surface area contributed by atoms with E-state index in [1.807, 2.05) is 45.0 Å². The van der Waals surface area contributed by atoms with E-state index in [4.69, 9.17) is 0 Å². The van der Waals surface area contributed by atoms with Gasteiger partial charge in [-0.15, -0.1) is 35.3 Å². The van der Waals surface area contributed by atoms with E-state index in [0.717, 1.165) is 28.0 Å².